The third-order valence-electron chi connectivity index (χ3n) is 4.44. The molecule has 3 aromatic rings. The number of halogens is 1. The Morgan fingerprint density at radius 3 is 2.68 bits per heavy atom. The van der Waals surface area contributed by atoms with Crippen molar-refractivity contribution in [2.75, 3.05) is 10.6 Å². The number of carbonyl (C=O) groups excluding carboxylic acids is 1. The molecular formula is C23H18FN5O2. The lowest BCUT2D eigenvalue weighted by Crippen LogP contribution is -2.13. The van der Waals surface area contributed by atoms with Crippen molar-refractivity contribution in [3.63, 3.8) is 0 Å². The molecule has 31 heavy (non-hydrogen) atoms. The summed E-state index contributed by atoms with van der Waals surface area (Å²) >= 11 is 0. The predicted molar refractivity (Wildman–Crippen MR) is 113 cm³/mol. The molecule has 2 aromatic carbocycles. The van der Waals surface area contributed by atoms with Crippen LogP contribution in [-0.4, -0.2) is 15.9 Å². The van der Waals surface area contributed by atoms with Crippen LogP contribution in [0.3, 0.4) is 0 Å². The Kier molecular flexibility index (Phi) is 5.85. The standard InChI is InChI=1S/C23H18FN5O2/c24-20-14-26-23(29-22(20)31-19-7-2-1-3-8-19)28-18-6-4-5-17(12-18)27-21(30)16(13-25)11-15-9-10-15/h1-8,11-12,14-15H,9-10H2,(H,27,30)(H,26,28,29)/b16-11-. The Balaban J connectivity index is 1.47. The van der Waals surface area contributed by atoms with Crippen molar-refractivity contribution < 1.29 is 13.9 Å². The monoisotopic (exact) mass is 415 g/mol. The first-order valence-electron chi connectivity index (χ1n) is 9.66. The molecule has 154 valence electrons. The molecule has 1 aliphatic rings. The number of hydrogen-bond donors (Lipinski definition) is 2. The van der Waals surface area contributed by atoms with E-state index >= 15 is 0 Å². The first kappa shape index (κ1) is 20.0. The number of aromatic nitrogens is 2. The minimum absolute atomic E-state index is 0.102. The van der Waals surface area contributed by atoms with Crippen LogP contribution in [-0.2, 0) is 4.79 Å². The highest BCUT2D eigenvalue weighted by molar-refractivity contribution is 6.06. The number of hydrogen-bond acceptors (Lipinski definition) is 6. The molecule has 1 heterocycles. The smallest absolute Gasteiger partial charge is 0.265 e. The van der Waals surface area contributed by atoms with E-state index in [9.17, 15) is 14.4 Å². The van der Waals surface area contributed by atoms with Gasteiger partial charge >= 0.3 is 0 Å². The molecule has 0 atom stereocenters. The van der Waals surface area contributed by atoms with Gasteiger partial charge in [-0.3, -0.25) is 4.79 Å². The molecule has 0 aliphatic heterocycles. The SMILES string of the molecule is N#C/C(=C/C1CC1)C(=O)Nc1cccc(Nc2ncc(F)c(Oc3ccccc3)n2)c1. The summed E-state index contributed by atoms with van der Waals surface area (Å²) in [4.78, 5) is 20.3. The molecular weight excluding hydrogens is 397 g/mol. The van der Waals surface area contributed by atoms with E-state index in [1.165, 1.54) is 0 Å². The van der Waals surface area contributed by atoms with Crippen molar-refractivity contribution in [3.8, 4) is 17.7 Å². The van der Waals surface area contributed by atoms with E-state index in [1.54, 1.807) is 54.6 Å². The van der Waals surface area contributed by atoms with Crippen LogP contribution in [0.2, 0.25) is 0 Å². The summed E-state index contributed by atoms with van der Waals surface area (Å²) in [6, 6.07) is 17.5. The number of rotatable bonds is 7. The Morgan fingerprint density at radius 1 is 1.16 bits per heavy atom. The van der Waals surface area contributed by atoms with E-state index in [1.807, 2.05) is 12.1 Å². The van der Waals surface area contributed by atoms with Crippen LogP contribution in [0.15, 0.2) is 72.4 Å². The van der Waals surface area contributed by atoms with Crippen LogP contribution in [0.1, 0.15) is 12.8 Å². The molecule has 7 nitrogen and oxygen atoms in total. The van der Waals surface area contributed by atoms with Crippen molar-refractivity contribution in [2.45, 2.75) is 12.8 Å². The third-order valence-corrected chi connectivity index (χ3v) is 4.44. The zero-order chi connectivity index (χ0) is 21.6. The van der Waals surface area contributed by atoms with Gasteiger partial charge in [-0.05, 0) is 49.1 Å². The number of benzene rings is 2. The van der Waals surface area contributed by atoms with Gasteiger partial charge in [0.25, 0.3) is 11.8 Å². The van der Waals surface area contributed by atoms with Gasteiger partial charge in [0.15, 0.2) is 0 Å². The Hall–Kier alpha value is -4.25. The van der Waals surface area contributed by atoms with E-state index in [4.69, 9.17) is 4.74 Å². The second-order valence-corrected chi connectivity index (χ2v) is 6.95. The minimum atomic E-state index is -0.693. The highest BCUT2D eigenvalue weighted by Gasteiger charge is 2.21. The van der Waals surface area contributed by atoms with Crippen LogP contribution < -0.4 is 15.4 Å². The van der Waals surface area contributed by atoms with E-state index < -0.39 is 11.7 Å². The number of ether oxygens (including phenoxy) is 1. The van der Waals surface area contributed by atoms with Crippen molar-refractivity contribution in [1.29, 1.82) is 5.26 Å². The lowest BCUT2D eigenvalue weighted by Gasteiger charge is -2.10. The fourth-order valence-corrected chi connectivity index (χ4v) is 2.75. The molecule has 1 aliphatic carbocycles. The van der Waals surface area contributed by atoms with Crippen LogP contribution in [0.25, 0.3) is 0 Å². The van der Waals surface area contributed by atoms with Gasteiger partial charge in [-0.1, -0.05) is 30.3 Å². The fraction of sp³-hybridized carbons (Fsp3) is 0.130. The maximum Gasteiger partial charge on any atom is 0.265 e. The number of amides is 1. The van der Waals surface area contributed by atoms with E-state index in [0.29, 0.717) is 23.0 Å². The van der Waals surface area contributed by atoms with Crippen LogP contribution >= 0.6 is 0 Å². The maximum absolute atomic E-state index is 14.0. The molecule has 0 saturated heterocycles. The van der Waals surface area contributed by atoms with E-state index in [-0.39, 0.29) is 17.4 Å². The van der Waals surface area contributed by atoms with Gasteiger partial charge in [-0.2, -0.15) is 14.6 Å². The first-order chi connectivity index (χ1) is 15.1. The van der Waals surface area contributed by atoms with Gasteiger partial charge in [-0.15, -0.1) is 0 Å². The maximum atomic E-state index is 14.0. The summed E-state index contributed by atoms with van der Waals surface area (Å²) in [5.74, 6) is -0.469. The quantitative estimate of drug-likeness (QED) is 0.418. The number of nitrogens with one attached hydrogen (secondary N) is 2. The molecule has 1 fully saturated rings. The second-order valence-electron chi connectivity index (χ2n) is 6.95. The highest BCUT2D eigenvalue weighted by Crippen LogP contribution is 2.31. The molecule has 0 radical (unpaired) electrons. The summed E-state index contributed by atoms with van der Waals surface area (Å²) in [5, 5.41) is 14.9. The molecule has 8 heteroatoms. The van der Waals surface area contributed by atoms with Crippen molar-refractivity contribution >= 4 is 23.2 Å². The summed E-state index contributed by atoms with van der Waals surface area (Å²) in [7, 11) is 0. The van der Waals surface area contributed by atoms with E-state index in [2.05, 4.69) is 20.6 Å². The Morgan fingerprint density at radius 2 is 1.94 bits per heavy atom. The number of carbonyl (C=O) groups is 1. The van der Waals surface area contributed by atoms with Gasteiger partial charge in [-0.25, -0.2) is 4.98 Å². The van der Waals surface area contributed by atoms with Crippen LogP contribution in [0.5, 0.6) is 11.6 Å². The average molecular weight is 415 g/mol. The largest absolute Gasteiger partial charge is 0.436 e. The molecule has 0 unspecified atom stereocenters. The normalized spacial score (nSPS) is 13.2. The zero-order valence-electron chi connectivity index (χ0n) is 16.4. The van der Waals surface area contributed by atoms with Crippen molar-refractivity contribution in [1.82, 2.24) is 9.97 Å². The Labute approximate surface area is 178 Å². The molecule has 1 amide bonds. The number of anilines is 3. The predicted octanol–water partition coefficient (Wildman–Crippen LogP) is 4.95. The number of para-hydroxylation sites is 1. The molecule has 4 rings (SSSR count). The number of allylic oxidation sites excluding steroid dienone is 1. The van der Waals surface area contributed by atoms with Crippen molar-refractivity contribution in [3.05, 3.63) is 78.3 Å². The molecule has 2 N–H and O–H groups in total. The van der Waals surface area contributed by atoms with Gasteiger partial charge in [0.2, 0.25) is 11.8 Å². The highest BCUT2D eigenvalue weighted by atomic mass is 19.1. The van der Waals surface area contributed by atoms with Crippen molar-refractivity contribution in [2.24, 2.45) is 5.92 Å². The first-order valence-corrected chi connectivity index (χ1v) is 9.66. The van der Waals surface area contributed by atoms with Crippen LogP contribution in [0, 0.1) is 23.1 Å². The van der Waals surface area contributed by atoms with Gasteiger partial charge in [0.1, 0.15) is 17.4 Å². The van der Waals surface area contributed by atoms with E-state index in [0.717, 1.165) is 19.0 Å². The van der Waals surface area contributed by atoms with Gasteiger partial charge < -0.3 is 15.4 Å². The lowest BCUT2D eigenvalue weighted by molar-refractivity contribution is -0.112. The lowest BCUT2D eigenvalue weighted by atomic mass is 10.2. The summed E-state index contributed by atoms with van der Waals surface area (Å²) in [6.07, 6.45) is 4.73. The number of nitrogens with zero attached hydrogens (tertiary/aromatic N) is 3. The number of nitriles is 1. The average Bonchev–Trinajstić information content (AvgIpc) is 3.59. The fourth-order valence-electron chi connectivity index (χ4n) is 2.75. The molecule has 0 spiro atoms. The summed E-state index contributed by atoms with van der Waals surface area (Å²) in [6.45, 7) is 0. The Bertz CT molecular complexity index is 1170. The van der Waals surface area contributed by atoms with Crippen LogP contribution in [0.4, 0.5) is 21.7 Å². The molecule has 0 bridgehead atoms. The van der Waals surface area contributed by atoms with Gasteiger partial charge in [0.05, 0.1) is 6.20 Å². The van der Waals surface area contributed by atoms with Gasteiger partial charge in [0, 0.05) is 11.4 Å². The minimum Gasteiger partial charge on any atom is -0.436 e. The molecule has 1 aromatic heterocycles. The summed E-state index contributed by atoms with van der Waals surface area (Å²) < 4.78 is 19.5. The summed E-state index contributed by atoms with van der Waals surface area (Å²) in [5.41, 5.74) is 1.17. The third kappa shape index (κ3) is 5.42. The second kappa shape index (κ2) is 9.05. The topological polar surface area (TPSA) is 99.9 Å². The molecule has 1 saturated carbocycles. The zero-order valence-corrected chi connectivity index (χ0v) is 16.4.